The molecular formula is C11H15N3O4. The molecule has 0 spiro atoms. The van der Waals surface area contributed by atoms with E-state index in [2.05, 4.69) is 0 Å². The van der Waals surface area contributed by atoms with Gasteiger partial charge in [0.25, 0.3) is 5.69 Å². The minimum atomic E-state index is -0.481. The van der Waals surface area contributed by atoms with Crippen LogP contribution in [0.1, 0.15) is 11.7 Å². The van der Waals surface area contributed by atoms with Gasteiger partial charge in [-0.15, -0.1) is 0 Å². The first kappa shape index (κ1) is 12.9. The second-order valence-corrected chi connectivity index (χ2v) is 4.07. The Balaban J connectivity index is 2.16. The molecule has 1 aromatic rings. The predicted molar refractivity (Wildman–Crippen MR) is 63.7 cm³/mol. The number of hydrogen-bond acceptors (Lipinski definition) is 6. The van der Waals surface area contributed by atoms with E-state index in [1.807, 2.05) is 0 Å². The van der Waals surface area contributed by atoms with E-state index in [4.69, 9.17) is 20.9 Å². The van der Waals surface area contributed by atoms with E-state index in [1.54, 1.807) is 12.1 Å². The molecule has 4 N–H and O–H groups in total. The van der Waals surface area contributed by atoms with Crippen molar-refractivity contribution in [3.05, 3.63) is 39.9 Å². The molecule has 0 aromatic heterocycles. The Morgan fingerprint density at radius 2 is 2.06 bits per heavy atom. The minimum Gasteiger partial charge on any atom is -0.350 e. The highest BCUT2D eigenvalue weighted by atomic mass is 16.7. The van der Waals surface area contributed by atoms with Gasteiger partial charge in [0, 0.05) is 18.7 Å². The molecule has 7 heteroatoms. The maximum absolute atomic E-state index is 10.6. The fraction of sp³-hybridized carbons (Fsp3) is 0.455. The Morgan fingerprint density at radius 1 is 1.39 bits per heavy atom. The topological polar surface area (TPSA) is 114 Å². The third kappa shape index (κ3) is 2.65. The van der Waals surface area contributed by atoms with Crippen molar-refractivity contribution in [1.29, 1.82) is 0 Å². The molecule has 1 fully saturated rings. The summed E-state index contributed by atoms with van der Waals surface area (Å²) in [5.74, 6) is 0. The lowest BCUT2D eigenvalue weighted by molar-refractivity contribution is -0.384. The van der Waals surface area contributed by atoms with Gasteiger partial charge in [-0.05, 0) is 17.7 Å². The largest absolute Gasteiger partial charge is 0.350 e. The molecule has 98 valence electrons. The highest BCUT2D eigenvalue weighted by Gasteiger charge is 2.30. The zero-order chi connectivity index (χ0) is 13.1. The first-order valence-electron chi connectivity index (χ1n) is 5.59. The first-order chi connectivity index (χ1) is 8.61. The van der Waals surface area contributed by atoms with Crippen LogP contribution in [0.25, 0.3) is 0 Å². The Kier molecular flexibility index (Phi) is 3.87. The van der Waals surface area contributed by atoms with Crippen LogP contribution in [-0.2, 0) is 9.47 Å². The van der Waals surface area contributed by atoms with E-state index in [0.29, 0.717) is 6.61 Å². The highest BCUT2D eigenvalue weighted by Crippen LogP contribution is 2.27. The second-order valence-electron chi connectivity index (χ2n) is 4.07. The van der Waals surface area contributed by atoms with Crippen LogP contribution in [0.5, 0.6) is 0 Å². The Bertz CT molecular complexity index is 423. The van der Waals surface area contributed by atoms with Crippen LogP contribution < -0.4 is 11.5 Å². The van der Waals surface area contributed by atoms with Gasteiger partial charge in [0.2, 0.25) is 0 Å². The fourth-order valence-electron chi connectivity index (χ4n) is 1.84. The molecule has 0 bridgehead atoms. The standard InChI is InChI=1S/C11H15N3O4/c12-5-10-17-6-9(13)11(18-10)7-1-3-8(4-2-7)14(15)16/h1-4,9-11H,5-6,12-13H2/t9-,10+,11-/m0/s1. The van der Waals surface area contributed by atoms with Crippen LogP contribution in [0.4, 0.5) is 5.69 Å². The van der Waals surface area contributed by atoms with Gasteiger partial charge in [0.1, 0.15) is 6.10 Å². The van der Waals surface area contributed by atoms with Gasteiger partial charge in [0.15, 0.2) is 6.29 Å². The van der Waals surface area contributed by atoms with Crippen LogP contribution in [-0.4, -0.2) is 30.4 Å². The molecule has 0 radical (unpaired) electrons. The number of nitrogens with two attached hydrogens (primary N) is 2. The summed E-state index contributed by atoms with van der Waals surface area (Å²) < 4.78 is 10.9. The number of nitro groups is 1. The van der Waals surface area contributed by atoms with Gasteiger partial charge >= 0.3 is 0 Å². The molecule has 1 heterocycles. The van der Waals surface area contributed by atoms with Crippen molar-refractivity contribution in [3.8, 4) is 0 Å². The molecule has 2 rings (SSSR count). The molecule has 0 amide bonds. The van der Waals surface area contributed by atoms with Crippen molar-refractivity contribution in [2.45, 2.75) is 18.4 Å². The normalized spacial score (nSPS) is 28.0. The number of rotatable bonds is 3. The maximum Gasteiger partial charge on any atom is 0.269 e. The van der Waals surface area contributed by atoms with Gasteiger partial charge in [-0.1, -0.05) is 0 Å². The number of benzene rings is 1. The Labute approximate surface area is 104 Å². The third-order valence-electron chi connectivity index (χ3n) is 2.79. The fourth-order valence-corrected chi connectivity index (χ4v) is 1.84. The average molecular weight is 253 g/mol. The SMILES string of the molecule is NC[C@@H]1OC[C@H](N)[C@H](c2ccc([N+](=O)[O-])cc2)O1. The van der Waals surface area contributed by atoms with E-state index in [-0.39, 0.29) is 24.4 Å². The molecule has 1 saturated heterocycles. The molecule has 18 heavy (non-hydrogen) atoms. The molecular weight excluding hydrogens is 238 g/mol. The highest BCUT2D eigenvalue weighted by molar-refractivity contribution is 5.34. The summed E-state index contributed by atoms with van der Waals surface area (Å²) in [6, 6.07) is 5.83. The van der Waals surface area contributed by atoms with E-state index in [1.165, 1.54) is 12.1 Å². The molecule has 7 nitrogen and oxygen atoms in total. The summed E-state index contributed by atoms with van der Waals surface area (Å²) in [5, 5.41) is 10.6. The second kappa shape index (κ2) is 5.40. The lowest BCUT2D eigenvalue weighted by Crippen LogP contribution is -2.45. The maximum atomic E-state index is 10.6. The van der Waals surface area contributed by atoms with Crippen LogP contribution in [0, 0.1) is 10.1 Å². The van der Waals surface area contributed by atoms with Crippen LogP contribution >= 0.6 is 0 Å². The lowest BCUT2D eigenvalue weighted by atomic mass is 10.0. The molecule has 0 aliphatic carbocycles. The van der Waals surface area contributed by atoms with Gasteiger partial charge in [-0.25, -0.2) is 0 Å². The van der Waals surface area contributed by atoms with Gasteiger partial charge in [-0.2, -0.15) is 0 Å². The Morgan fingerprint density at radius 3 is 2.61 bits per heavy atom. The van der Waals surface area contributed by atoms with Crippen molar-refractivity contribution in [2.24, 2.45) is 11.5 Å². The van der Waals surface area contributed by atoms with E-state index in [9.17, 15) is 10.1 Å². The number of nitro benzene ring substituents is 1. The van der Waals surface area contributed by atoms with Crippen LogP contribution in [0.15, 0.2) is 24.3 Å². The molecule has 3 atom stereocenters. The zero-order valence-electron chi connectivity index (χ0n) is 9.69. The van der Waals surface area contributed by atoms with Gasteiger partial charge < -0.3 is 20.9 Å². The number of non-ortho nitro benzene ring substituents is 1. The lowest BCUT2D eigenvalue weighted by Gasteiger charge is -2.34. The molecule has 0 unspecified atom stereocenters. The summed E-state index contributed by atoms with van der Waals surface area (Å²) in [4.78, 5) is 10.1. The minimum absolute atomic E-state index is 0.0368. The Hall–Kier alpha value is -1.54. The van der Waals surface area contributed by atoms with Gasteiger partial charge in [-0.3, -0.25) is 10.1 Å². The van der Waals surface area contributed by atoms with E-state index < -0.39 is 11.2 Å². The number of nitrogens with zero attached hydrogens (tertiary/aromatic N) is 1. The van der Waals surface area contributed by atoms with Crippen molar-refractivity contribution >= 4 is 5.69 Å². The smallest absolute Gasteiger partial charge is 0.269 e. The summed E-state index contributed by atoms with van der Waals surface area (Å²) in [7, 11) is 0. The van der Waals surface area contributed by atoms with E-state index >= 15 is 0 Å². The predicted octanol–water partition coefficient (Wildman–Crippen LogP) is 0.295. The van der Waals surface area contributed by atoms with Crippen LogP contribution in [0.3, 0.4) is 0 Å². The zero-order valence-corrected chi connectivity index (χ0v) is 9.69. The number of hydrogen-bond donors (Lipinski definition) is 2. The van der Waals surface area contributed by atoms with Crippen molar-refractivity contribution in [1.82, 2.24) is 0 Å². The van der Waals surface area contributed by atoms with Crippen molar-refractivity contribution in [3.63, 3.8) is 0 Å². The van der Waals surface area contributed by atoms with Crippen LogP contribution in [0.2, 0.25) is 0 Å². The molecule has 1 aromatic carbocycles. The van der Waals surface area contributed by atoms with Crippen molar-refractivity contribution in [2.75, 3.05) is 13.2 Å². The summed E-state index contributed by atoms with van der Waals surface area (Å²) >= 11 is 0. The first-order valence-corrected chi connectivity index (χ1v) is 5.59. The van der Waals surface area contributed by atoms with Gasteiger partial charge in [0.05, 0.1) is 17.6 Å². The van der Waals surface area contributed by atoms with E-state index in [0.717, 1.165) is 5.56 Å². The quantitative estimate of drug-likeness (QED) is 0.591. The monoisotopic (exact) mass is 253 g/mol. The summed E-state index contributed by atoms with van der Waals surface area (Å²) in [5.41, 5.74) is 12.2. The third-order valence-corrected chi connectivity index (χ3v) is 2.79. The molecule has 0 saturated carbocycles. The molecule has 1 aliphatic heterocycles. The van der Waals surface area contributed by atoms with Crippen molar-refractivity contribution < 1.29 is 14.4 Å². The average Bonchev–Trinajstić information content (AvgIpc) is 2.39. The molecule has 1 aliphatic rings. The summed E-state index contributed by atoms with van der Waals surface area (Å²) in [6.07, 6.45) is -0.835. The summed E-state index contributed by atoms with van der Waals surface area (Å²) in [6.45, 7) is 0.597. The number of ether oxygens (including phenoxy) is 2.